The molecule has 27 heavy (non-hydrogen) atoms. The van der Waals surface area contributed by atoms with Gasteiger partial charge in [0.15, 0.2) is 0 Å². The van der Waals surface area contributed by atoms with Gasteiger partial charge in [-0.1, -0.05) is 23.7 Å². The second-order valence-electron chi connectivity index (χ2n) is 6.42. The molecule has 0 radical (unpaired) electrons. The minimum absolute atomic E-state index is 0.0136. The molecule has 0 atom stereocenters. The van der Waals surface area contributed by atoms with Crippen molar-refractivity contribution in [3.63, 3.8) is 0 Å². The zero-order valence-corrected chi connectivity index (χ0v) is 15.4. The smallest absolute Gasteiger partial charge is 0.257 e. The summed E-state index contributed by atoms with van der Waals surface area (Å²) in [5, 5.41) is 0.300. The summed E-state index contributed by atoms with van der Waals surface area (Å²) in [5.74, 6) is -1.35. The summed E-state index contributed by atoms with van der Waals surface area (Å²) < 4.78 is 26.8. The van der Waals surface area contributed by atoms with Gasteiger partial charge in [-0.05, 0) is 42.3 Å². The minimum Gasteiger partial charge on any atom is -0.339 e. The van der Waals surface area contributed by atoms with Gasteiger partial charge in [0, 0.05) is 37.6 Å². The summed E-state index contributed by atoms with van der Waals surface area (Å²) in [6.07, 6.45) is 0.856. The number of hydrogen-bond acceptors (Lipinski definition) is 2. The van der Waals surface area contributed by atoms with Crippen LogP contribution in [0.2, 0.25) is 5.02 Å². The van der Waals surface area contributed by atoms with Gasteiger partial charge in [-0.2, -0.15) is 0 Å². The number of rotatable bonds is 4. The molecule has 1 heterocycles. The number of benzene rings is 2. The van der Waals surface area contributed by atoms with Crippen molar-refractivity contribution in [2.45, 2.75) is 12.8 Å². The predicted molar refractivity (Wildman–Crippen MR) is 98.6 cm³/mol. The standard InChI is InChI=1S/C20H19ClF2N2O2/c21-15-4-7-18(23)17(13-15)20(27)25-11-9-24(10-12-25)19(26)8-3-14-1-5-16(22)6-2-14/h1-2,4-7,13H,3,8-12H2. The van der Waals surface area contributed by atoms with Gasteiger partial charge in [0.25, 0.3) is 5.91 Å². The largest absolute Gasteiger partial charge is 0.339 e. The Bertz CT molecular complexity index is 834. The molecule has 2 aromatic rings. The van der Waals surface area contributed by atoms with Gasteiger partial charge in [0.1, 0.15) is 11.6 Å². The Morgan fingerprint density at radius 1 is 0.926 bits per heavy atom. The maximum absolute atomic E-state index is 13.9. The fourth-order valence-corrected chi connectivity index (χ4v) is 3.22. The van der Waals surface area contributed by atoms with Crippen LogP contribution in [-0.4, -0.2) is 47.8 Å². The number of hydrogen-bond donors (Lipinski definition) is 0. The van der Waals surface area contributed by atoms with E-state index in [4.69, 9.17) is 11.6 Å². The molecule has 0 spiro atoms. The van der Waals surface area contributed by atoms with E-state index in [0.717, 1.165) is 5.56 Å². The van der Waals surface area contributed by atoms with Gasteiger partial charge in [-0.3, -0.25) is 9.59 Å². The average Bonchev–Trinajstić information content (AvgIpc) is 2.69. The summed E-state index contributed by atoms with van der Waals surface area (Å²) in [6.45, 7) is 1.48. The summed E-state index contributed by atoms with van der Waals surface area (Å²) in [5.41, 5.74) is 0.841. The first-order valence-corrected chi connectivity index (χ1v) is 9.08. The molecule has 2 amide bonds. The Kier molecular flexibility index (Phi) is 6.06. The zero-order chi connectivity index (χ0) is 19.4. The topological polar surface area (TPSA) is 40.6 Å². The molecule has 0 aromatic heterocycles. The highest BCUT2D eigenvalue weighted by molar-refractivity contribution is 6.31. The Balaban J connectivity index is 1.52. The van der Waals surface area contributed by atoms with E-state index >= 15 is 0 Å². The lowest BCUT2D eigenvalue weighted by atomic mass is 10.1. The lowest BCUT2D eigenvalue weighted by Crippen LogP contribution is -2.50. The molecule has 0 unspecified atom stereocenters. The van der Waals surface area contributed by atoms with Crippen LogP contribution >= 0.6 is 11.6 Å². The van der Waals surface area contributed by atoms with Crippen LogP contribution in [-0.2, 0) is 11.2 Å². The number of carbonyl (C=O) groups is 2. The molecule has 0 aliphatic carbocycles. The molecule has 0 saturated carbocycles. The first kappa shape index (κ1) is 19.3. The third-order valence-corrected chi connectivity index (χ3v) is 4.85. The Labute approximate surface area is 161 Å². The highest BCUT2D eigenvalue weighted by atomic mass is 35.5. The molecule has 7 heteroatoms. The Hall–Kier alpha value is -2.47. The van der Waals surface area contributed by atoms with Crippen molar-refractivity contribution in [1.82, 2.24) is 9.80 Å². The SMILES string of the molecule is O=C(CCc1ccc(F)cc1)N1CCN(C(=O)c2cc(Cl)ccc2F)CC1. The van der Waals surface area contributed by atoms with Crippen LogP contribution in [0.15, 0.2) is 42.5 Å². The van der Waals surface area contributed by atoms with E-state index in [1.165, 1.54) is 35.2 Å². The Morgan fingerprint density at radius 2 is 1.56 bits per heavy atom. The van der Waals surface area contributed by atoms with E-state index in [2.05, 4.69) is 0 Å². The fraction of sp³-hybridized carbons (Fsp3) is 0.300. The van der Waals surface area contributed by atoms with E-state index in [1.807, 2.05) is 0 Å². The summed E-state index contributed by atoms with van der Waals surface area (Å²) in [6, 6.07) is 9.96. The molecule has 0 bridgehead atoms. The first-order chi connectivity index (χ1) is 12.9. The summed E-state index contributed by atoms with van der Waals surface area (Å²) >= 11 is 5.85. The molecule has 1 aliphatic rings. The van der Waals surface area contributed by atoms with Gasteiger partial charge in [-0.15, -0.1) is 0 Å². The molecular formula is C20H19ClF2N2O2. The van der Waals surface area contributed by atoms with Crippen LogP contribution in [0, 0.1) is 11.6 Å². The van der Waals surface area contributed by atoms with Crippen molar-refractivity contribution < 1.29 is 18.4 Å². The van der Waals surface area contributed by atoms with Gasteiger partial charge in [0.2, 0.25) is 5.91 Å². The van der Waals surface area contributed by atoms with E-state index in [1.54, 1.807) is 17.0 Å². The van der Waals surface area contributed by atoms with Crippen molar-refractivity contribution in [3.8, 4) is 0 Å². The molecule has 4 nitrogen and oxygen atoms in total. The van der Waals surface area contributed by atoms with Gasteiger partial charge < -0.3 is 9.80 Å². The van der Waals surface area contributed by atoms with Crippen molar-refractivity contribution in [1.29, 1.82) is 0 Å². The third kappa shape index (κ3) is 4.83. The number of carbonyl (C=O) groups excluding carboxylic acids is 2. The summed E-state index contributed by atoms with van der Waals surface area (Å²) in [4.78, 5) is 28.1. The van der Waals surface area contributed by atoms with Gasteiger partial charge >= 0.3 is 0 Å². The molecule has 3 rings (SSSR count). The first-order valence-electron chi connectivity index (χ1n) is 8.70. The average molecular weight is 393 g/mol. The second-order valence-corrected chi connectivity index (χ2v) is 6.86. The molecule has 2 aromatic carbocycles. The van der Waals surface area contributed by atoms with E-state index in [9.17, 15) is 18.4 Å². The molecular weight excluding hydrogens is 374 g/mol. The number of nitrogens with zero attached hydrogens (tertiary/aromatic N) is 2. The molecule has 0 N–H and O–H groups in total. The molecule has 1 saturated heterocycles. The summed E-state index contributed by atoms with van der Waals surface area (Å²) in [7, 11) is 0. The highest BCUT2D eigenvalue weighted by Gasteiger charge is 2.26. The Morgan fingerprint density at radius 3 is 2.22 bits per heavy atom. The molecule has 1 fully saturated rings. The second kappa shape index (κ2) is 8.48. The van der Waals surface area contributed by atoms with Crippen molar-refractivity contribution in [2.75, 3.05) is 26.2 Å². The van der Waals surface area contributed by atoms with Crippen LogP contribution in [0.4, 0.5) is 8.78 Å². The quantitative estimate of drug-likeness (QED) is 0.798. The lowest BCUT2D eigenvalue weighted by Gasteiger charge is -2.35. The number of piperazine rings is 1. The van der Waals surface area contributed by atoms with E-state index in [0.29, 0.717) is 44.0 Å². The van der Waals surface area contributed by atoms with Crippen LogP contribution in [0.3, 0.4) is 0 Å². The maximum Gasteiger partial charge on any atom is 0.257 e. The van der Waals surface area contributed by atoms with E-state index < -0.39 is 11.7 Å². The molecule has 142 valence electrons. The minimum atomic E-state index is -0.609. The monoisotopic (exact) mass is 392 g/mol. The van der Waals surface area contributed by atoms with Crippen molar-refractivity contribution in [3.05, 3.63) is 70.2 Å². The van der Waals surface area contributed by atoms with Gasteiger partial charge in [-0.25, -0.2) is 8.78 Å². The maximum atomic E-state index is 13.9. The number of halogens is 3. The van der Waals surface area contributed by atoms with Crippen molar-refractivity contribution in [2.24, 2.45) is 0 Å². The zero-order valence-electron chi connectivity index (χ0n) is 14.6. The number of aryl methyl sites for hydroxylation is 1. The lowest BCUT2D eigenvalue weighted by molar-refractivity contribution is -0.132. The third-order valence-electron chi connectivity index (χ3n) is 4.62. The van der Waals surface area contributed by atoms with Crippen LogP contribution in [0.25, 0.3) is 0 Å². The fourth-order valence-electron chi connectivity index (χ4n) is 3.05. The number of amides is 2. The molecule has 1 aliphatic heterocycles. The van der Waals surface area contributed by atoms with Crippen LogP contribution in [0.5, 0.6) is 0 Å². The van der Waals surface area contributed by atoms with E-state index in [-0.39, 0.29) is 17.3 Å². The normalized spacial score (nSPS) is 14.3. The van der Waals surface area contributed by atoms with Gasteiger partial charge in [0.05, 0.1) is 5.56 Å². The van der Waals surface area contributed by atoms with Crippen LogP contribution in [0.1, 0.15) is 22.3 Å². The van der Waals surface area contributed by atoms with Crippen molar-refractivity contribution >= 4 is 23.4 Å². The highest BCUT2D eigenvalue weighted by Crippen LogP contribution is 2.18. The predicted octanol–water partition coefficient (Wildman–Crippen LogP) is 3.54. The van der Waals surface area contributed by atoms with Crippen LogP contribution < -0.4 is 0 Å².